The molecule has 5 rings (SSSR count). The summed E-state index contributed by atoms with van der Waals surface area (Å²) in [6.45, 7) is 1.08. The van der Waals surface area contributed by atoms with Gasteiger partial charge in [0.05, 0.1) is 17.5 Å². The molecule has 1 aliphatic heterocycles. The maximum atomic E-state index is 13.2. The molecule has 1 fully saturated rings. The fourth-order valence-corrected chi connectivity index (χ4v) is 6.82. The average molecular weight is 490 g/mol. The Bertz CT molecular complexity index is 1540. The smallest absolute Gasteiger partial charge is 0.242 e. The van der Waals surface area contributed by atoms with Crippen LogP contribution < -0.4 is 15.2 Å². The molecular weight excluding hydrogens is 470 g/mol. The normalized spacial score (nSPS) is 17.1. The first-order chi connectivity index (χ1) is 15.8. The van der Waals surface area contributed by atoms with Gasteiger partial charge in [0.1, 0.15) is 15.4 Å². The minimum atomic E-state index is -4.55. The number of fused-ring (bicyclic) bond motifs is 1. The molecule has 5 N–H and O–H groups in total. The maximum Gasteiger partial charge on any atom is 0.242 e. The predicted octanol–water partition coefficient (Wildman–Crippen LogP) is -0.531. The first-order valence-electron chi connectivity index (χ1n) is 9.85. The molecule has 1 atom stereocenters. The van der Waals surface area contributed by atoms with E-state index in [0.717, 1.165) is 0 Å². The number of tetrazole rings is 1. The van der Waals surface area contributed by atoms with E-state index in [1.807, 2.05) is 6.07 Å². The zero-order valence-electron chi connectivity index (χ0n) is 17.0. The maximum absolute atomic E-state index is 13.2. The lowest BCUT2D eigenvalue weighted by Gasteiger charge is -2.18. The number of nitrogens with two attached hydrogens (primary N) is 1. The van der Waals surface area contributed by atoms with Crippen LogP contribution in [0.25, 0.3) is 28.3 Å². The molecule has 1 unspecified atom stereocenters. The second-order valence-electron chi connectivity index (χ2n) is 7.49. The zero-order chi connectivity index (χ0) is 23.2. The third kappa shape index (κ3) is 3.89. The molecule has 33 heavy (non-hydrogen) atoms. The Balaban J connectivity index is 1.81. The van der Waals surface area contributed by atoms with E-state index in [1.54, 1.807) is 28.9 Å². The highest BCUT2D eigenvalue weighted by Crippen LogP contribution is 2.38. The molecule has 0 spiro atoms. The van der Waals surface area contributed by atoms with Gasteiger partial charge in [0, 0.05) is 24.3 Å². The lowest BCUT2D eigenvalue weighted by Crippen LogP contribution is -2.37. The molecule has 13 nitrogen and oxygen atoms in total. The van der Waals surface area contributed by atoms with Gasteiger partial charge in [-0.3, -0.25) is 4.40 Å². The summed E-state index contributed by atoms with van der Waals surface area (Å²) in [4.78, 5) is 3.24. The van der Waals surface area contributed by atoms with Crippen LogP contribution >= 0.6 is 0 Å². The number of pyridine rings is 1. The summed E-state index contributed by atoms with van der Waals surface area (Å²) in [6.07, 6.45) is 3.86. The molecule has 172 valence electrons. The quantitative estimate of drug-likeness (QED) is 0.276. The van der Waals surface area contributed by atoms with Gasteiger partial charge in [-0.05, 0) is 41.6 Å². The minimum absolute atomic E-state index is 0.0560. The monoisotopic (exact) mass is 489 g/mol. The predicted molar refractivity (Wildman–Crippen MR) is 117 cm³/mol. The largest absolute Gasteiger partial charge is 0.315 e. The minimum Gasteiger partial charge on any atom is -0.315 e. The van der Waals surface area contributed by atoms with Crippen molar-refractivity contribution in [2.75, 3.05) is 13.1 Å². The van der Waals surface area contributed by atoms with E-state index in [9.17, 15) is 16.8 Å². The van der Waals surface area contributed by atoms with Crippen molar-refractivity contribution in [1.29, 1.82) is 0 Å². The number of rotatable bonds is 6. The highest BCUT2D eigenvalue weighted by molar-refractivity contribution is 7.92. The van der Waals surface area contributed by atoms with E-state index >= 15 is 0 Å². The number of hydrogen-bond donors (Lipinski definition) is 4. The Kier molecular flexibility index (Phi) is 5.21. The van der Waals surface area contributed by atoms with E-state index in [0.29, 0.717) is 36.4 Å². The molecule has 15 heteroatoms. The van der Waals surface area contributed by atoms with Crippen molar-refractivity contribution < 1.29 is 16.8 Å². The highest BCUT2D eigenvalue weighted by Gasteiger charge is 2.34. The SMILES string of the molecule is NS(=O)(=O)c1c(S(=O)(=O)NC2CCNC2)ccc(-c2cnc3ccccn23)c1-c1nnn[nH]1. The van der Waals surface area contributed by atoms with Gasteiger partial charge in [0.2, 0.25) is 20.0 Å². The molecule has 0 radical (unpaired) electrons. The van der Waals surface area contributed by atoms with Gasteiger partial charge in [-0.25, -0.2) is 36.8 Å². The number of aromatic nitrogens is 6. The third-order valence-corrected chi connectivity index (χ3v) is 8.04. The first-order valence-corrected chi connectivity index (χ1v) is 12.9. The van der Waals surface area contributed by atoms with Gasteiger partial charge < -0.3 is 5.32 Å². The third-order valence-electron chi connectivity index (χ3n) is 5.35. The molecule has 3 aromatic heterocycles. The van der Waals surface area contributed by atoms with Crippen LogP contribution in [0.3, 0.4) is 0 Å². The summed E-state index contributed by atoms with van der Waals surface area (Å²) >= 11 is 0. The summed E-state index contributed by atoms with van der Waals surface area (Å²) in [5.41, 5.74) is 1.37. The van der Waals surface area contributed by atoms with Crippen molar-refractivity contribution in [2.24, 2.45) is 5.14 Å². The van der Waals surface area contributed by atoms with Crippen LogP contribution in [0, 0.1) is 0 Å². The second kappa shape index (κ2) is 7.96. The molecule has 1 aliphatic rings. The summed E-state index contributed by atoms with van der Waals surface area (Å²) in [7, 11) is -8.81. The van der Waals surface area contributed by atoms with Gasteiger partial charge in [0.15, 0.2) is 5.82 Å². The van der Waals surface area contributed by atoms with Gasteiger partial charge in [-0.1, -0.05) is 12.1 Å². The number of imidazole rings is 1. The van der Waals surface area contributed by atoms with E-state index in [1.165, 1.54) is 12.1 Å². The Morgan fingerprint density at radius 3 is 2.70 bits per heavy atom. The van der Waals surface area contributed by atoms with Crippen LogP contribution in [-0.4, -0.2) is 66.0 Å². The Morgan fingerprint density at radius 1 is 1.15 bits per heavy atom. The van der Waals surface area contributed by atoms with Crippen molar-refractivity contribution in [3.8, 4) is 22.6 Å². The average Bonchev–Trinajstić information content (AvgIpc) is 3.53. The molecule has 4 aromatic rings. The number of benzene rings is 1. The van der Waals surface area contributed by atoms with Gasteiger partial charge in [-0.15, -0.1) is 5.10 Å². The summed E-state index contributed by atoms with van der Waals surface area (Å²) < 4.78 is 56.4. The van der Waals surface area contributed by atoms with Crippen molar-refractivity contribution in [3.05, 3.63) is 42.7 Å². The molecule has 0 amide bonds. The number of sulfonamides is 2. The van der Waals surface area contributed by atoms with Gasteiger partial charge in [-0.2, -0.15) is 0 Å². The molecule has 0 saturated carbocycles. The molecule has 4 heterocycles. The van der Waals surface area contributed by atoms with Crippen LogP contribution in [0.4, 0.5) is 0 Å². The van der Waals surface area contributed by atoms with Crippen molar-refractivity contribution in [2.45, 2.75) is 22.3 Å². The van der Waals surface area contributed by atoms with Crippen molar-refractivity contribution in [1.82, 2.24) is 40.0 Å². The Morgan fingerprint density at radius 2 is 2.00 bits per heavy atom. The summed E-state index contributed by atoms with van der Waals surface area (Å²) in [6, 6.07) is 7.70. The molecule has 0 bridgehead atoms. The van der Waals surface area contributed by atoms with Crippen LogP contribution in [0.15, 0.2) is 52.5 Å². The lowest BCUT2D eigenvalue weighted by molar-refractivity contribution is 0.555. The van der Waals surface area contributed by atoms with E-state index < -0.39 is 29.8 Å². The number of primary sulfonamides is 1. The Labute approximate surface area is 188 Å². The topological polar surface area (TPSA) is 190 Å². The molecule has 1 aromatic carbocycles. The Hall–Kier alpha value is -3.24. The van der Waals surface area contributed by atoms with Crippen LogP contribution in [0.1, 0.15) is 6.42 Å². The molecular formula is C18H19N9O4S2. The zero-order valence-corrected chi connectivity index (χ0v) is 18.6. The van der Waals surface area contributed by atoms with Crippen LogP contribution in [0.5, 0.6) is 0 Å². The van der Waals surface area contributed by atoms with Crippen LogP contribution in [-0.2, 0) is 20.0 Å². The van der Waals surface area contributed by atoms with Crippen molar-refractivity contribution >= 4 is 25.7 Å². The van der Waals surface area contributed by atoms with E-state index in [2.05, 4.69) is 35.6 Å². The van der Waals surface area contributed by atoms with Gasteiger partial charge >= 0.3 is 0 Å². The van der Waals surface area contributed by atoms with E-state index in [-0.39, 0.29) is 17.4 Å². The summed E-state index contributed by atoms with van der Waals surface area (Å²) in [5.74, 6) is -0.0560. The number of nitrogens with one attached hydrogen (secondary N) is 3. The van der Waals surface area contributed by atoms with Crippen molar-refractivity contribution in [3.63, 3.8) is 0 Å². The van der Waals surface area contributed by atoms with Crippen LogP contribution in [0.2, 0.25) is 0 Å². The standard InChI is InChI=1S/C18H19N9O4S2/c19-32(28,29)17-14(33(30,31)24-11-6-7-20-9-11)5-4-12(16(17)18-22-25-26-23-18)13-10-21-15-3-1-2-8-27(13)15/h1-5,8,10-11,20,24H,6-7,9H2,(H2,19,28,29)(H,22,23,25,26). The lowest BCUT2D eigenvalue weighted by atomic mass is 10.0. The number of hydrogen-bond acceptors (Lipinski definition) is 9. The fourth-order valence-electron chi connectivity index (χ4n) is 3.94. The highest BCUT2D eigenvalue weighted by atomic mass is 32.2. The second-order valence-corrected chi connectivity index (χ2v) is 10.7. The molecule has 0 aliphatic carbocycles. The van der Waals surface area contributed by atoms with Gasteiger partial charge in [0.25, 0.3) is 0 Å². The number of H-pyrrole nitrogens is 1. The summed E-state index contributed by atoms with van der Waals surface area (Å²) in [5, 5.41) is 22.1. The molecule has 1 saturated heterocycles. The van der Waals surface area contributed by atoms with E-state index in [4.69, 9.17) is 5.14 Å². The fraction of sp³-hybridized carbons (Fsp3) is 0.222. The number of nitrogens with zero attached hydrogens (tertiary/aromatic N) is 5. The first kappa shape index (κ1) is 21.6. The number of aromatic amines is 1.